The van der Waals surface area contributed by atoms with Gasteiger partial charge in [-0.3, -0.25) is 0 Å². The van der Waals surface area contributed by atoms with E-state index >= 15 is 0 Å². The van der Waals surface area contributed by atoms with Crippen LogP contribution in [0.1, 0.15) is 11.3 Å². The summed E-state index contributed by atoms with van der Waals surface area (Å²) < 4.78 is 1.83. The SMILES string of the molecule is Cc1nn(-c2ccccc2)c(Sc2ccccc2Cl)c1C=NO. The molecule has 1 aromatic heterocycles. The van der Waals surface area contributed by atoms with Crippen LogP contribution in [0.5, 0.6) is 0 Å². The fraction of sp³-hybridized carbons (Fsp3) is 0.0588. The summed E-state index contributed by atoms with van der Waals surface area (Å²) in [5, 5.41) is 18.2. The van der Waals surface area contributed by atoms with Crippen molar-refractivity contribution in [3.05, 3.63) is 70.9 Å². The summed E-state index contributed by atoms with van der Waals surface area (Å²) in [5.74, 6) is 0. The van der Waals surface area contributed by atoms with Crippen molar-refractivity contribution in [1.82, 2.24) is 9.78 Å². The molecule has 0 saturated carbocycles. The maximum atomic E-state index is 8.97. The van der Waals surface area contributed by atoms with Gasteiger partial charge in [0.25, 0.3) is 0 Å². The van der Waals surface area contributed by atoms with E-state index in [0.717, 1.165) is 26.9 Å². The summed E-state index contributed by atoms with van der Waals surface area (Å²) in [6.07, 6.45) is 1.40. The predicted octanol–water partition coefficient (Wildman–Crippen LogP) is 4.79. The van der Waals surface area contributed by atoms with Gasteiger partial charge in [-0.1, -0.05) is 58.9 Å². The quantitative estimate of drug-likeness (QED) is 0.421. The molecule has 0 aliphatic carbocycles. The van der Waals surface area contributed by atoms with Crippen LogP contribution in [0.2, 0.25) is 5.02 Å². The van der Waals surface area contributed by atoms with Crippen LogP contribution in [0.4, 0.5) is 0 Å². The molecule has 6 heteroatoms. The van der Waals surface area contributed by atoms with E-state index in [1.165, 1.54) is 18.0 Å². The molecule has 0 bridgehead atoms. The van der Waals surface area contributed by atoms with Crippen molar-refractivity contribution >= 4 is 29.6 Å². The van der Waals surface area contributed by atoms with E-state index in [9.17, 15) is 0 Å². The van der Waals surface area contributed by atoms with Gasteiger partial charge in [0, 0.05) is 4.90 Å². The Balaban J connectivity index is 2.15. The highest BCUT2D eigenvalue weighted by atomic mass is 35.5. The molecular formula is C17H14ClN3OS. The van der Waals surface area contributed by atoms with Gasteiger partial charge in [0.1, 0.15) is 5.03 Å². The zero-order valence-electron chi connectivity index (χ0n) is 12.3. The normalized spacial score (nSPS) is 11.2. The minimum absolute atomic E-state index is 0.669. The smallest absolute Gasteiger partial charge is 0.114 e. The summed E-state index contributed by atoms with van der Waals surface area (Å²) >= 11 is 7.76. The second-order valence-electron chi connectivity index (χ2n) is 4.83. The molecule has 0 fully saturated rings. The highest BCUT2D eigenvalue weighted by Gasteiger charge is 2.17. The molecule has 0 radical (unpaired) electrons. The first-order valence-electron chi connectivity index (χ1n) is 6.95. The standard InChI is InChI=1S/C17H14ClN3OS/c1-12-14(11-19-22)17(23-16-10-6-5-9-15(16)18)21(20-12)13-7-3-2-4-8-13/h2-11,22H,1H3. The number of halogens is 1. The number of hydrogen-bond acceptors (Lipinski definition) is 4. The Morgan fingerprint density at radius 3 is 2.52 bits per heavy atom. The third kappa shape index (κ3) is 3.25. The fourth-order valence-corrected chi connectivity index (χ4v) is 3.51. The molecule has 0 atom stereocenters. The Kier molecular flexibility index (Phi) is 4.69. The average Bonchev–Trinajstić information content (AvgIpc) is 2.87. The van der Waals surface area contributed by atoms with Crippen LogP contribution in [0.25, 0.3) is 5.69 Å². The third-order valence-corrected chi connectivity index (χ3v) is 4.90. The number of hydrogen-bond donors (Lipinski definition) is 1. The second-order valence-corrected chi connectivity index (χ2v) is 6.27. The van der Waals surface area contributed by atoms with Gasteiger partial charge in [0.2, 0.25) is 0 Å². The van der Waals surface area contributed by atoms with Crippen LogP contribution in [0.3, 0.4) is 0 Å². The maximum absolute atomic E-state index is 8.97. The number of para-hydroxylation sites is 1. The van der Waals surface area contributed by atoms with Gasteiger partial charge in [-0.15, -0.1) is 0 Å². The summed E-state index contributed by atoms with van der Waals surface area (Å²) in [5.41, 5.74) is 2.48. The Bertz CT molecular complexity index is 846. The number of aromatic nitrogens is 2. The number of rotatable bonds is 4. The zero-order chi connectivity index (χ0) is 16.2. The van der Waals surface area contributed by atoms with Crippen LogP contribution < -0.4 is 0 Å². The Labute approximate surface area is 143 Å². The second kappa shape index (κ2) is 6.89. The van der Waals surface area contributed by atoms with Gasteiger partial charge in [0.15, 0.2) is 0 Å². The molecule has 1 N–H and O–H groups in total. The van der Waals surface area contributed by atoms with Gasteiger partial charge in [-0.25, -0.2) is 4.68 Å². The number of benzene rings is 2. The van der Waals surface area contributed by atoms with Gasteiger partial charge >= 0.3 is 0 Å². The summed E-state index contributed by atoms with van der Waals surface area (Å²) in [7, 11) is 0. The molecular weight excluding hydrogens is 330 g/mol. The Hall–Kier alpha value is -2.24. The topological polar surface area (TPSA) is 50.4 Å². The van der Waals surface area contributed by atoms with E-state index < -0.39 is 0 Å². The van der Waals surface area contributed by atoms with Crippen molar-refractivity contribution in [2.75, 3.05) is 0 Å². The van der Waals surface area contributed by atoms with Crippen molar-refractivity contribution < 1.29 is 5.21 Å². The highest BCUT2D eigenvalue weighted by Crippen LogP contribution is 2.36. The molecule has 0 aliphatic heterocycles. The minimum atomic E-state index is 0.669. The molecule has 4 nitrogen and oxygen atoms in total. The van der Waals surface area contributed by atoms with Gasteiger partial charge in [-0.05, 0) is 31.2 Å². The molecule has 3 aromatic rings. The monoisotopic (exact) mass is 343 g/mol. The molecule has 0 amide bonds. The minimum Gasteiger partial charge on any atom is -0.411 e. The summed E-state index contributed by atoms with van der Waals surface area (Å²) in [6, 6.07) is 17.4. The van der Waals surface area contributed by atoms with Crippen LogP contribution in [0.15, 0.2) is 69.7 Å². The van der Waals surface area contributed by atoms with Gasteiger partial charge in [-0.2, -0.15) is 5.10 Å². The lowest BCUT2D eigenvalue weighted by molar-refractivity contribution is 0.321. The van der Waals surface area contributed by atoms with Crippen LogP contribution in [0, 0.1) is 6.92 Å². The van der Waals surface area contributed by atoms with E-state index in [0.29, 0.717) is 5.02 Å². The molecule has 3 rings (SSSR count). The highest BCUT2D eigenvalue weighted by molar-refractivity contribution is 7.99. The molecule has 116 valence electrons. The molecule has 0 aliphatic rings. The number of aryl methyl sites for hydroxylation is 1. The third-order valence-electron chi connectivity index (χ3n) is 3.29. The Morgan fingerprint density at radius 1 is 1.13 bits per heavy atom. The summed E-state index contributed by atoms with van der Waals surface area (Å²) in [6.45, 7) is 1.88. The van der Waals surface area contributed by atoms with Crippen LogP contribution in [-0.2, 0) is 0 Å². The summed E-state index contributed by atoms with van der Waals surface area (Å²) in [4.78, 5) is 0.916. The van der Waals surface area contributed by atoms with E-state index in [1.54, 1.807) is 0 Å². The molecule has 2 aromatic carbocycles. The van der Waals surface area contributed by atoms with Crippen LogP contribution >= 0.6 is 23.4 Å². The van der Waals surface area contributed by atoms with E-state index in [-0.39, 0.29) is 0 Å². The lowest BCUT2D eigenvalue weighted by Gasteiger charge is -2.09. The van der Waals surface area contributed by atoms with E-state index in [2.05, 4.69) is 10.3 Å². The van der Waals surface area contributed by atoms with Crippen molar-refractivity contribution in [2.45, 2.75) is 16.8 Å². The van der Waals surface area contributed by atoms with E-state index in [1.807, 2.05) is 66.2 Å². The molecule has 0 saturated heterocycles. The first kappa shape index (κ1) is 15.6. The van der Waals surface area contributed by atoms with Gasteiger partial charge in [0.05, 0.1) is 28.2 Å². The lowest BCUT2D eigenvalue weighted by Crippen LogP contribution is -1.98. The Morgan fingerprint density at radius 2 is 1.83 bits per heavy atom. The molecule has 23 heavy (non-hydrogen) atoms. The molecule has 0 unspecified atom stereocenters. The fourth-order valence-electron chi connectivity index (χ4n) is 2.20. The molecule has 0 spiro atoms. The maximum Gasteiger partial charge on any atom is 0.114 e. The average molecular weight is 344 g/mol. The lowest BCUT2D eigenvalue weighted by atomic mass is 10.3. The molecule has 1 heterocycles. The van der Waals surface area contributed by atoms with Gasteiger partial charge < -0.3 is 5.21 Å². The first-order chi connectivity index (χ1) is 11.2. The van der Waals surface area contributed by atoms with Crippen molar-refractivity contribution in [2.24, 2.45) is 5.16 Å². The first-order valence-corrected chi connectivity index (χ1v) is 8.15. The number of oxime groups is 1. The van der Waals surface area contributed by atoms with Crippen LogP contribution in [-0.4, -0.2) is 21.2 Å². The largest absolute Gasteiger partial charge is 0.411 e. The van der Waals surface area contributed by atoms with Crippen molar-refractivity contribution in [1.29, 1.82) is 0 Å². The number of nitrogens with zero attached hydrogens (tertiary/aromatic N) is 3. The van der Waals surface area contributed by atoms with Crippen molar-refractivity contribution in [3.63, 3.8) is 0 Å². The van der Waals surface area contributed by atoms with Crippen molar-refractivity contribution in [3.8, 4) is 5.69 Å². The predicted molar refractivity (Wildman–Crippen MR) is 93.3 cm³/mol. The zero-order valence-corrected chi connectivity index (χ0v) is 13.9. The van der Waals surface area contributed by atoms with E-state index in [4.69, 9.17) is 16.8 Å².